The molecule has 180 valence electrons. The van der Waals surface area contributed by atoms with Gasteiger partial charge in [0.15, 0.2) is 11.7 Å². The van der Waals surface area contributed by atoms with E-state index in [0.717, 1.165) is 5.57 Å². The Morgan fingerprint density at radius 2 is 1.97 bits per heavy atom. The third kappa shape index (κ3) is 2.61. The van der Waals surface area contributed by atoms with Crippen molar-refractivity contribution >= 4 is 17.9 Å². The van der Waals surface area contributed by atoms with Crippen molar-refractivity contribution in [3.8, 4) is 0 Å². The SMILES string of the molecule is CC(C)[C@]12C=C[C@]3(O)[C@@](O)([C@@H](C[C@H]4C5=C(CC[C@@]43C)C(=O)OC5)O1)[C@@H]2OC(=O)CCC(=O)O. The van der Waals surface area contributed by atoms with Crippen LogP contribution in [0.2, 0.25) is 0 Å². The molecule has 0 radical (unpaired) electrons. The molecule has 0 aromatic rings. The molecule has 1 saturated heterocycles. The summed E-state index contributed by atoms with van der Waals surface area (Å²) in [6.45, 7) is 5.83. The van der Waals surface area contributed by atoms with Gasteiger partial charge in [0, 0.05) is 11.0 Å². The number of esters is 2. The van der Waals surface area contributed by atoms with Crippen LogP contribution in [0.1, 0.15) is 52.9 Å². The molecule has 5 rings (SSSR count). The van der Waals surface area contributed by atoms with E-state index in [9.17, 15) is 24.6 Å². The maximum Gasteiger partial charge on any atom is 0.334 e. The Morgan fingerprint density at radius 3 is 2.64 bits per heavy atom. The van der Waals surface area contributed by atoms with Crippen LogP contribution in [0.5, 0.6) is 0 Å². The van der Waals surface area contributed by atoms with E-state index in [1.54, 1.807) is 12.2 Å². The first-order valence-corrected chi connectivity index (χ1v) is 11.5. The van der Waals surface area contributed by atoms with Gasteiger partial charge in [-0.3, -0.25) is 9.59 Å². The van der Waals surface area contributed by atoms with Crippen molar-refractivity contribution in [2.75, 3.05) is 6.61 Å². The molecule has 5 aliphatic rings. The molecule has 0 aromatic heterocycles. The maximum atomic E-state index is 12.6. The van der Waals surface area contributed by atoms with Gasteiger partial charge in [-0.1, -0.05) is 26.8 Å². The smallest absolute Gasteiger partial charge is 0.334 e. The van der Waals surface area contributed by atoms with E-state index in [1.165, 1.54) is 0 Å². The van der Waals surface area contributed by atoms with E-state index < -0.39 is 52.8 Å². The molecule has 33 heavy (non-hydrogen) atoms. The zero-order chi connectivity index (χ0) is 24.0. The predicted octanol–water partition coefficient (Wildman–Crippen LogP) is 1.26. The Balaban J connectivity index is 1.60. The molecule has 0 aromatic carbocycles. The first kappa shape index (κ1) is 22.6. The van der Waals surface area contributed by atoms with E-state index in [2.05, 4.69) is 0 Å². The van der Waals surface area contributed by atoms with Gasteiger partial charge in [0.2, 0.25) is 0 Å². The Labute approximate surface area is 191 Å². The number of carbonyl (C=O) groups is 3. The molecule has 9 heteroatoms. The van der Waals surface area contributed by atoms with Crippen molar-refractivity contribution in [2.24, 2.45) is 17.3 Å². The second-order valence-electron chi connectivity index (χ2n) is 10.6. The highest BCUT2D eigenvalue weighted by molar-refractivity contribution is 5.92. The van der Waals surface area contributed by atoms with Crippen molar-refractivity contribution in [3.63, 3.8) is 0 Å². The molecule has 2 heterocycles. The molecule has 0 spiro atoms. The van der Waals surface area contributed by atoms with Gasteiger partial charge in [0.1, 0.15) is 17.8 Å². The van der Waals surface area contributed by atoms with Crippen LogP contribution in [0.25, 0.3) is 0 Å². The lowest BCUT2D eigenvalue weighted by atomic mass is 9.45. The average molecular weight is 462 g/mol. The molecular formula is C24H30O9. The number of hydrogen-bond donors (Lipinski definition) is 3. The Hall–Kier alpha value is -2.23. The number of hydrogen-bond acceptors (Lipinski definition) is 8. The molecule has 0 amide bonds. The lowest BCUT2D eigenvalue weighted by molar-refractivity contribution is -0.270. The van der Waals surface area contributed by atoms with Gasteiger partial charge in [-0.25, -0.2) is 4.79 Å². The number of rotatable bonds is 5. The molecule has 3 N–H and O–H groups in total. The molecule has 1 saturated carbocycles. The summed E-state index contributed by atoms with van der Waals surface area (Å²) in [6.07, 6.45) is 1.70. The normalized spacial score (nSPS) is 45.0. The summed E-state index contributed by atoms with van der Waals surface area (Å²) in [4.78, 5) is 35.7. The Morgan fingerprint density at radius 1 is 1.24 bits per heavy atom. The fraction of sp³-hybridized carbons (Fsp3) is 0.708. The largest absolute Gasteiger partial charge is 0.481 e. The monoisotopic (exact) mass is 462 g/mol. The highest BCUT2D eigenvalue weighted by atomic mass is 16.6. The van der Waals surface area contributed by atoms with Crippen molar-refractivity contribution in [1.29, 1.82) is 0 Å². The van der Waals surface area contributed by atoms with E-state index >= 15 is 0 Å². The van der Waals surface area contributed by atoms with E-state index in [-0.39, 0.29) is 30.8 Å². The molecule has 2 fully saturated rings. The number of carboxylic acid groups (broad SMARTS) is 1. The number of fused-ring (bicyclic) bond motifs is 4. The fourth-order valence-electron chi connectivity index (χ4n) is 6.99. The van der Waals surface area contributed by atoms with Crippen molar-refractivity contribution in [3.05, 3.63) is 23.3 Å². The number of cyclic esters (lactones) is 1. The van der Waals surface area contributed by atoms with Gasteiger partial charge in [-0.2, -0.15) is 0 Å². The van der Waals surface area contributed by atoms with Crippen LogP contribution in [0, 0.1) is 17.3 Å². The Bertz CT molecular complexity index is 998. The van der Waals surface area contributed by atoms with Crippen molar-refractivity contribution < 1.29 is 43.9 Å². The summed E-state index contributed by atoms with van der Waals surface area (Å²) in [5.41, 5.74) is -4.26. The summed E-state index contributed by atoms with van der Waals surface area (Å²) in [7, 11) is 0. The third-order valence-electron chi connectivity index (χ3n) is 8.93. The van der Waals surface area contributed by atoms with Crippen LogP contribution in [0.3, 0.4) is 0 Å². The van der Waals surface area contributed by atoms with Gasteiger partial charge >= 0.3 is 17.9 Å². The van der Waals surface area contributed by atoms with Gasteiger partial charge < -0.3 is 29.5 Å². The van der Waals surface area contributed by atoms with Crippen LogP contribution >= 0.6 is 0 Å². The van der Waals surface area contributed by atoms with Gasteiger partial charge in [0.05, 0.1) is 18.9 Å². The third-order valence-corrected chi connectivity index (χ3v) is 8.93. The summed E-state index contributed by atoms with van der Waals surface area (Å²) < 4.78 is 17.5. The number of carboxylic acids is 1. The van der Waals surface area contributed by atoms with Crippen LogP contribution in [-0.4, -0.2) is 68.8 Å². The van der Waals surface area contributed by atoms with Gasteiger partial charge in [-0.15, -0.1) is 0 Å². The molecule has 2 bridgehead atoms. The van der Waals surface area contributed by atoms with Crippen LogP contribution < -0.4 is 0 Å². The minimum atomic E-state index is -1.93. The minimum Gasteiger partial charge on any atom is -0.481 e. The summed E-state index contributed by atoms with van der Waals surface area (Å²) in [6, 6.07) is 0. The Kier molecular flexibility index (Phi) is 4.71. The predicted molar refractivity (Wildman–Crippen MR) is 112 cm³/mol. The fourth-order valence-corrected chi connectivity index (χ4v) is 6.99. The van der Waals surface area contributed by atoms with Crippen molar-refractivity contribution in [1.82, 2.24) is 0 Å². The first-order valence-electron chi connectivity index (χ1n) is 11.5. The number of aliphatic hydroxyl groups is 2. The second-order valence-corrected chi connectivity index (χ2v) is 10.6. The number of carbonyl (C=O) groups excluding carboxylic acids is 2. The summed E-state index contributed by atoms with van der Waals surface area (Å²) in [5, 5.41) is 33.4. The number of aliphatic carboxylic acids is 1. The maximum absolute atomic E-state index is 12.6. The van der Waals surface area contributed by atoms with Crippen molar-refractivity contribution in [2.45, 2.75) is 81.9 Å². The standard InChI is InChI=1S/C24H30O9/c1-12(2)22-8-9-23(29)21(3)7-6-13-14(11-31-19(13)28)15(21)10-16(33-22)24(23,30)20(22)32-18(27)5-4-17(25)26/h8-9,12,15-16,20,29-30H,4-7,10-11H2,1-3H3,(H,25,26)/t15-,16+,20+,21-,22-,23+,24+/m0/s1. The van der Waals surface area contributed by atoms with Crippen LogP contribution in [0.15, 0.2) is 23.3 Å². The second kappa shape index (κ2) is 6.90. The summed E-state index contributed by atoms with van der Waals surface area (Å²) >= 11 is 0. The average Bonchev–Trinajstić information content (AvgIpc) is 3.21. The van der Waals surface area contributed by atoms with E-state index in [4.69, 9.17) is 19.3 Å². The molecule has 0 unspecified atom stereocenters. The van der Waals surface area contributed by atoms with Gasteiger partial charge in [0.25, 0.3) is 0 Å². The lowest BCUT2D eigenvalue weighted by Crippen LogP contribution is -2.77. The summed E-state index contributed by atoms with van der Waals surface area (Å²) in [5.74, 6) is -2.69. The topological polar surface area (TPSA) is 140 Å². The van der Waals surface area contributed by atoms with E-state index in [1.807, 2.05) is 20.8 Å². The molecular weight excluding hydrogens is 432 g/mol. The van der Waals surface area contributed by atoms with Crippen LogP contribution in [-0.2, 0) is 28.6 Å². The quantitative estimate of drug-likeness (QED) is 0.407. The lowest BCUT2D eigenvalue weighted by Gasteiger charge is -2.63. The zero-order valence-electron chi connectivity index (χ0n) is 19.0. The number of ether oxygens (including phenoxy) is 3. The van der Waals surface area contributed by atoms with E-state index in [0.29, 0.717) is 24.8 Å². The van der Waals surface area contributed by atoms with Gasteiger partial charge in [-0.05, 0) is 42.7 Å². The molecule has 9 nitrogen and oxygen atoms in total. The van der Waals surface area contributed by atoms with Crippen LogP contribution in [0.4, 0.5) is 0 Å². The molecule has 7 atom stereocenters. The first-order chi connectivity index (χ1) is 15.4. The molecule has 3 aliphatic carbocycles. The minimum absolute atomic E-state index is 0.169. The molecule has 2 aliphatic heterocycles. The highest BCUT2D eigenvalue weighted by Crippen LogP contribution is 2.68. The highest BCUT2D eigenvalue weighted by Gasteiger charge is 2.81. The zero-order valence-corrected chi connectivity index (χ0v) is 19.0.